The van der Waals surface area contributed by atoms with Crippen molar-refractivity contribution in [2.24, 2.45) is 5.92 Å². The van der Waals surface area contributed by atoms with E-state index in [-0.39, 0.29) is 18.4 Å². The molecular weight excluding hydrogens is 332 g/mol. The highest BCUT2D eigenvalue weighted by molar-refractivity contribution is 5.85. The third-order valence-corrected chi connectivity index (χ3v) is 4.53. The second-order valence-corrected chi connectivity index (χ2v) is 6.22. The van der Waals surface area contributed by atoms with E-state index < -0.39 is 17.6 Å². The summed E-state index contributed by atoms with van der Waals surface area (Å²) in [6, 6.07) is 3.43. The van der Waals surface area contributed by atoms with Gasteiger partial charge in [0.05, 0.1) is 5.56 Å². The SMILES string of the molecule is Cl.Fc1cc([C@@H](CC2CC2)N2CCNCC2)ccc1C(F)(F)F. The Morgan fingerprint density at radius 2 is 1.83 bits per heavy atom. The zero-order valence-electron chi connectivity index (χ0n) is 12.7. The smallest absolute Gasteiger partial charge is 0.314 e. The van der Waals surface area contributed by atoms with Crippen LogP contribution in [0.1, 0.15) is 36.4 Å². The maximum absolute atomic E-state index is 13.9. The first-order chi connectivity index (χ1) is 10.4. The Morgan fingerprint density at radius 1 is 1.17 bits per heavy atom. The van der Waals surface area contributed by atoms with Gasteiger partial charge in [-0.25, -0.2) is 4.39 Å². The van der Waals surface area contributed by atoms with Gasteiger partial charge in [0.15, 0.2) is 0 Å². The van der Waals surface area contributed by atoms with Gasteiger partial charge < -0.3 is 5.32 Å². The number of nitrogens with zero attached hydrogens (tertiary/aromatic N) is 1. The molecule has 1 saturated heterocycles. The zero-order valence-corrected chi connectivity index (χ0v) is 13.5. The fraction of sp³-hybridized carbons (Fsp3) is 0.625. The Morgan fingerprint density at radius 3 is 2.35 bits per heavy atom. The highest BCUT2D eigenvalue weighted by Crippen LogP contribution is 2.41. The predicted molar refractivity (Wildman–Crippen MR) is 83.2 cm³/mol. The van der Waals surface area contributed by atoms with Gasteiger partial charge in [0.2, 0.25) is 0 Å². The number of nitrogens with one attached hydrogen (secondary N) is 1. The Bertz CT molecular complexity index is 525. The number of halogens is 5. The number of hydrogen-bond acceptors (Lipinski definition) is 2. The van der Waals surface area contributed by atoms with E-state index in [0.717, 1.165) is 44.7 Å². The predicted octanol–water partition coefficient (Wildman–Crippen LogP) is 4.01. The fourth-order valence-corrected chi connectivity index (χ4v) is 3.13. The normalized spacial score (nSPS) is 20.9. The molecule has 1 aromatic carbocycles. The van der Waals surface area contributed by atoms with Crippen LogP contribution >= 0.6 is 12.4 Å². The van der Waals surface area contributed by atoms with Crippen molar-refractivity contribution in [3.8, 4) is 0 Å². The molecule has 0 aromatic heterocycles. The number of alkyl halides is 3. The topological polar surface area (TPSA) is 15.3 Å². The van der Waals surface area contributed by atoms with Crippen LogP contribution in [0.25, 0.3) is 0 Å². The van der Waals surface area contributed by atoms with Gasteiger partial charge in [-0.1, -0.05) is 18.9 Å². The van der Waals surface area contributed by atoms with Crippen molar-refractivity contribution in [2.75, 3.05) is 26.2 Å². The zero-order chi connectivity index (χ0) is 15.7. The van der Waals surface area contributed by atoms with Crippen molar-refractivity contribution in [3.05, 3.63) is 35.1 Å². The maximum atomic E-state index is 13.9. The molecule has 1 atom stereocenters. The van der Waals surface area contributed by atoms with Gasteiger partial charge in [0, 0.05) is 32.2 Å². The molecule has 1 aliphatic heterocycles. The van der Waals surface area contributed by atoms with Crippen molar-refractivity contribution in [3.63, 3.8) is 0 Å². The summed E-state index contributed by atoms with van der Waals surface area (Å²) in [4.78, 5) is 2.26. The largest absolute Gasteiger partial charge is 0.419 e. The maximum Gasteiger partial charge on any atom is 0.419 e. The number of benzene rings is 1. The minimum atomic E-state index is -4.64. The minimum absolute atomic E-state index is 0. The molecule has 2 fully saturated rings. The van der Waals surface area contributed by atoms with Crippen LogP contribution in [-0.2, 0) is 6.18 Å². The van der Waals surface area contributed by atoms with Crippen LogP contribution < -0.4 is 5.32 Å². The van der Waals surface area contributed by atoms with Crippen LogP contribution in [0, 0.1) is 11.7 Å². The summed E-state index contributed by atoms with van der Waals surface area (Å²) in [5.74, 6) is -0.536. The number of rotatable bonds is 4. The van der Waals surface area contributed by atoms with E-state index in [4.69, 9.17) is 0 Å². The van der Waals surface area contributed by atoms with Crippen molar-refractivity contribution in [1.82, 2.24) is 10.2 Å². The van der Waals surface area contributed by atoms with E-state index in [1.165, 1.54) is 18.9 Å². The molecule has 2 nitrogen and oxygen atoms in total. The second-order valence-electron chi connectivity index (χ2n) is 6.22. The lowest BCUT2D eigenvalue weighted by atomic mass is 9.97. The molecule has 130 valence electrons. The van der Waals surface area contributed by atoms with E-state index in [1.54, 1.807) is 0 Å². The summed E-state index contributed by atoms with van der Waals surface area (Å²) >= 11 is 0. The Kier molecular flexibility index (Phi) is 5.92. The summed E-state index contributed by atoms with van der Waals surface area (Å²) in [6.07, 6.45) is -1.38. The molecule has 23 heavy (non-hydrogen) atoms. The number of hydrogen-bond donors (Lipinski definition) is 1. The van der Waals surface area contributed by atoms with Crippen molar-refractivity contribution >= 4 is 12.4 Å². The van der Waals surface area contributed by atoms with Gasteiger partial charge in [-0.2, -0.15) is 13.2 Å². The molecule has 3 rings (SSSR count). The Balaban J connectivity index is 0.00000192. The molecule has 2 aliphatic rings. The molecule has 1 saturated carbocycles. The molecule has 0 radical (unpaired) electrons. The summed E-state index contributed by atoms with van der Waals surface area (Å²) in [6.45, 7) is 3.43. The average molecular weight is 353 g/mol. The minimum Gasteiger partial charge on any atom is -0.314 e. The summed E-state index contributed by atoms with van der Waals surface area (Å²) in [5.41, 5.74) is -0.513. The second kappa shape index (κ2) is 7.36. The number of piperazine rings is 1. The third kappa shape index (κ3) is 4.58. The van der Waals surface area contributed by atoms with E-state index in [9.17, 15) is 17.6 Å². The van der Waals surface area contributed by atoms with Gasteiger partial charge in [0.1, 0.15) is 5.82 Å². The lowest BCUT2D eigenvalue weighted by molar-refractivity contribution is -0.140. The summed E-state index contributed by atoms with van der Waals surface area (Å²) in [5, 5.41) is 3.27. The molecule has 0 bridgehead atoms. The van der Waals surface area contributed by atoms with Gasteiger partial charge in [-0.3, -0.25) is 4.90 Å². The van der Waals surface area contributed by atoms with E-state index in [1.807, 2.05) is 0 Å². The summed E-state index contributed by atoms with van der Waals surface area (Å²) in [7, 11) is 0. The Labute approximate surface area is 139 Å². The van der Waals surface area contributed by atoms with Crippen molar-refractivity contribution < 1.29 is 17.6 Å². The average Bonchev–Trinajstić information content (AvgIpc) is 3.28. The van der Waals surface area contributed by atoms with Crippen molar-refractivity contribution in [2.45, 2.75) is 31.5 Å². The molecule has 1 N–H and O–H groups in total. The highest BCUT2D eigenvalue weighted by Gasteiger charge is 2.35. The Hall–Kier alpha value is -0.850. The van der Waals surface area contributed by atoms with Crippen LogP contribution in [0.5, 0.6) is 0 Å². The van der Waals surface area contributed by atoms with Gasteiger partial charge in [-0.15, -0.1) is 12.4 Å². The van der Waals surface area contributed by atoms with Crippen LogP contribution in [0.15, 0.2) is 18.2 Å². The standard InChI is InChI=1S/C16H20F4N2.ClH/c17-14-10-12(3-4-13(14)16(18,19)20)15(9-11-1-2-11)22-7-5-21-6-8-22;/h3-4,10-11,15,21H,1-2,5-9H2;1H/t15-;/m1./s1. The first-order valence-corrected chi connectivity index (χ1v) is 7.76. The van der Waals surface area contributed by atoms with Crippen LogP contribution in [0.3, 0.4) is 0 Å². The molecule has 0 amide bonds. The summed E-state index contributed by atoms with van der Waals surface area (Å²) < 4.78 is 52.0. The quantitative estimate of drug-likeness (QED) is 0.824. The fourth-order valence-electron chi connectivity index (χ4n) is 3.13. The van der Waals surface area contributed by atoms with E-state index >= 15 is 0 Å². The van der Waals surface area contributed by atoms with Gasteiger partial charge in [0.25, 0.3) is 0 Å². The first-order valence-electron chi connectivity index (χ1n) is 7.76. The van der Waals surface area contributed by atoms with Crippen LogP contribution in [0.2, 0.25) is 0 Å². The molecule has 1 aromatic rings. The first kappa shape index (κ1) is 18.5. The molecule has 0 unspecified atom stereocenters. The molecule has 1 heterocycles. The van der Waals surface area contributed by atoms with Crippen LogP contribution in [0.4, 0.5) is 17.6 Å². The monoisotopic (exact) mass is 352 g/mol. The third-order valence-electron chi connectivity index (χ3n) is 4.53. The molecule has 0 spiro atoms. The van der Waals surface area contributed by atoms with E-state index in [2.05, 4.69) is 10.2 Å². The lowest BCUT2D eigenvalue weighted by Gasteiger charge is -2.35. The molecular formula is C16H21ClF4N2. The highest BCUT2D eigenvalue weighted by atomic mass is 35.5. The van der Waals surface area contributed by atoms with Crippen molar-refractivity contribution in [1.29, 1.82) is 0 Å². The van der Waals surface area contributed by atoms with Gasteiger partial charge >= 0.3 is 6.18 Å². The molecule has 1 aliphatic carbocycles. The van der Waals surface area contributed by atoms with E-state index in [0.29, 0.717) is 11.5 Å². The molecule has 7 heteroatoms. The van der Waals surface area contributed by atoms with Gasteiger partial charge in [-0.05, 0) is 30.0 Å². The van der Waals surface area contributed by atoms with Crippen LogP contribution in [-0.4, -0.2) is 31.1 Å². The lowest BCUT2D eigenvalue weighted by Crippen LogP contribution is -2.45.